The zero-order chi connectivity index (χ0) is 13.9. The van der Waals surface area contributed by atoms with E-state index >= 15 is 0 Å². The highest BCUT2D eigenvalue weighted by Crippen LogP contribution is 2.32. The summed E-state index contributed by atoms with van der Waals surface area (Å²) in [5, 5.41) is 5.02. The van der Waals surface area contributed by atoms with E-state index < -0.39 is 0 Å². The van der Waals surface area contributed by atoms with Gasteiger partial charge in [0, 0.05) is 16.1 Å². The van der Waals surface area contributed by atoms with E-state index in [-0.39, 0.29) is 5.91 Å². The second-order valence-corrected chi connectivity index (χ2v) is 7.49. The topological polar surface area (TPSA) is 29.1 Å². The molecule has 1 N–H and O–H groups in total. The van der Waals surface area contributed by atoms with Crippen molar-refractivity contribution in [2.24, 2.45) is 0 Å². The van der Waals surface area contributed by atoms with Crippen LogP contribution in [0.3, 0.4) is 0 Å². The standard InChI is InChI=1S/C15H10BrNOS2/c16-14-8-7-13(20-14)15(18)17-11-5-2-1-4-10(11)12-6-3-9-19-12/h1-9H,(H,17,18). The van der Waals surface area contributed by atoms with Gasteiger partial charge in [0.1, 0.15) is 0 Å². The maximum absolute atomic E-state index is 12.2. The summed E-state index contributed by atoms with van der Waals surface area (Å²) in [6, 6.07) is 15.6. The van der Waals surface area contributed by atoms with Gasteiger partial charge < -0.3 is 5.32 Å². The summed E-state index contributed by atoms with van der Waals surface area (Å²) in [5.74, 6) is -0.0790. The van der Waals surface area contributed by atoms with Gasteiger partial charge in [-0.15, -0.1) is 22.7 Å². The molecule has 2 heterocycles. The van der Waals surface area contributed by atoms with E-state index in [1.54, 1.807) is 11.3 Å². The molecule has 2 aromatic heterocycles. The number of benzene rings is 1. The van der Waals surface area contributed by atoms with E-state index in [0.29, 0.717) is 4.88 Å². The molecule has 0 spiro atoms. The van der Waals surface area contributed by atoms with Crippen LogP contribution >= 0.6 is 38.6 Å². The molecule has 0 bridgehead atoms. The highest BCUT2D eigenvalue weighted by Gasteiger charge is 2.12. The monoisotopic (exact) mass is 363 g/mol. The van der Waals surface area contributed by atoms with Crippen LogP contribution in [0.25, 0.3) is 10.4 Å². The predicted molar refractivity (Wildman–Crippen MR) is 89.7 cm³/mol. The number of para-hydroxylation sites is 1. The van der Waals surface area contributed by atoms with Crippen molar-refractivity contribution in [1.82, 2.24) is 0 Å². The van der Waals surface area contributed by atoms with E-state index in [1.807, 2.05) is 47.8 Å². The molecule has 1 amide bonds. The second-order valence-electron chi connectivity index (χ2n) is 4.08. The third kappa shape index (κ3) is 2.85. The first-order chi connectivity index (χ1) is 9.74. The molecule has 0 saturated heterocycles. The molecule has 0 unspecified atom stereocenters. The molecule has 0 saturated carbocycles. The normalized spacial score (nSPS) is 10.4. The Labute approximate surface area is 133 Å². The zero-order valence-electron chi connectivity index (χ0n) is 10.3. The van der Waals surface area contributed by atoms with Gasteiger partial charge in [-0.2, -0.15) is 0 Å². The summed E-state index contributed by atoms with van der Waals surface area (Å²) < 4.78 is 0.953. The number of carbonyl (C=O) groups excluding carboxylic acids is 1. The number of hydrogen-bond acceptors (Lipinski definition) is 3. The smallest absolute Gasteiger partial charge is 0.265 e. The molecule has 3 rings (SSSR count). The average Bonchev–Trinajstić information content (AvgIpc) is 3.10. The molecule has 100 valence electrons. The zero-order valence-corrected chi connectivity index (χ0v) is 13.5. The van der Waals surface area contributed by atoms with E-state index in [0.717, 1.165) is 19.9 Å². The Morgan fingerprint density at radius 2 is 1.90 bits per heavy atom. The van der Waals surface area contributed by atoms with Crippen LogP contribution in [0.4, 0.5) is 5.69 Å². The molecule has 0 atom stereocenters. The lowest BCUT2D eigenvalue weighted by Gasteiger charge is -2.08. The number of thiophene rings is 2. The fourth-order valence-corrected chi connectivity index (χ4v) is 3.91. The molecule has 1 aromatic carbocycles. The molecule has 20 heavy (non-hydrogen) atoms. The maximum atomic E-state index is 12.2. The second kappa shape index (κ2) is 5.91. The van der Waals surface area contributed by atoms with Crippen molar-refractivity contribution in [2.75, 3.05) is 5.32 Å². The van der Waals surface area contributed by atoms with Gasteiger partial charge >= 0.3 is 0 Å². The number of nitrogens with one attached hydrogen (secondary N) is 1. The predicted octanol–water partition coefficient (Wildman–Crippen LogP) is 5.49. The van der Waals surface area contributed by atoms with Gasteiger partial charge in [-0.1, -0.05) is 24.3 Å². The Morgan fingerprint density at radius 3 is 2.60 bits per heavy atom. The fraction of sp³-hybridized carbons (Fsp3) is 0. The minimum atomic E-state index is -0.0790. The molecular formula is C15H10BrNOS2. The highest BCUT2D eigenvalue weighted by atomic mass is 79.9. The van der Waals surface area contributed by atoms with Crippen LogP contribution in [-0.2, 0) is 0 Å². The van der Waals surface area contributed by atoms with Gasteiger partial charge in [0.05, 0.1) is 8.66 Å². The quantitative estimate of drug-likeness (QED) is 0.654. The molecular weight excluding hydrogens is 354 g/mol. The van der Waals surface area contributed by atoms with Crippen molar-refractivity contribution in [1.29, 1.82) is 0 Å². The van der Waals surface area contributed by atoms with Crippen LogP contribution in [0.5, 0.6) is 0 Å². The third-order valence-electron chi connectivity index (χ3n) is 2.76. The van der Waals surface area contributed by atoms with Crippen molar-refractivity contribution in [3.8, 4) is 10.4 Å². The summed E-state index contributed by atoms with van der Waals surface area (Å²) in [4.78, 5) is 14.1. The molecule has 5 heteroatoms. The Morgan fingerprint density at radius 1 is 1.05 bits per heavy atom. The van der Waals surface area contributed by atoms with Gasteiger partial charge in [0.2, 0.25) is 0 Å². The lowest BCUT2D eigenvalue weighted by atomic mass is 10.1. The number of hydrogen-bond donors (Lipinski definition) is 1. The molecule has 0 fully saturated rings. The van der Waals surface area contributed by atoms with E-state index in [4.69, 9.17) is 0 Å². The minimum Gasteiger partial charge on any atom is -0.321 e. The SMILES string of the molecule is O=C(Nc1ccccc1-c1cccs1)c1ccc(Br)s1. The van der Waals surface area contributed by atoms with E-state index in [2.05, 4.69) is 27.3 Å². The lowest BCUT2D eigenvalue weighted by molar-refractivity contribution is 0.103. The van der Waals surface area contributed by atoms with Crippen LogP contribution in [-0.4, -0.2) is 5.91 Å². The molecule has 0 aliphatic carbocycles. The molecule has 2 nitrogen and oxygen atoms in total. The van der Waals surface area contributed by atoms with Crippen molar-refractivity contribution < 1.29 is 4.79 Å². The van der Waals surface area contributed by atoms with Gasteiger partial charge in [-0.25, -0.2) is 0 Å². The van der Waals surface area contributed by atoms with Crippen molar-refractivity contribution >= 4 is 50.2 Å². The van der Waals surface area contributed by atoms with E-state index in [9.17, 15) is 4.79 Å². The largest absolute Gasteiger partial charge is 0.321 e. The number of rotatable bonds is 3. The van der Waals surface area contributed by atoms with Crippen molar-refractivity contribution in [2.45, 2.75) is 0 Å². The summed E-state index contributed by atoms with van der Waals surface area (Å²) in [5.41, 5.74) is 1.89. The van der Waals surface area contributed by atoms with Gasteiger partial charge in [-0.05, 0) is 45.6 Å². The van der Waals surface area contributed by atoms with Gasteiger partial charge in [-0.3, -0.25) is 4.79 Å². The van der Waals surface area contributed by atoms with Gasteiger partial charge in [0.25, 0.3) is 5.91 Å². The van der Waals surface area contributed by atoms with Crippen molar-refractivity contribution in [3.05, 3.63) is 62.6 Å². The first-order valence-corrected chi connectivity index (χ1v) is 8.42. The maximum Gasteiger partial charge on any atom is 0.265 e. The lowest BCUT2D eigenvalue weighted by Crippen LogP contribution is -2.10. The van der Waals surface area contributed by atoms with Crippen LogP contribution in [0.2, 0.25) is 0 Å². The Hall–Kier alpha value is -1.43. The van der Waals surface area contributed by atoms with Crippen LogP contribution in [0, 0.1) is 0 Å². The molecule has 0 aliphatic heterocycles. The summed E-state index contributed by atoms with van der Waals surface area (Å²) in [7, 11) is 0. The number of carbonyl (C=O) groups is 1. The summed E-state index contributed by atoms with van der Waals surface area (Å²) in [6.45, 7) is 0. The molecule has 0 radical (unpaired) electrons. The van der Waals surface area contributed by atoms with Crippen LogP contribution in [0.15, 0.2) is 57.7 Å². The van der Waals surface area contributed by atoms with Crippen molar-refractivity contribution in [3.63, 3.8) is 0 Å². The van der Waals surface area contributed by atoms with Gasteiger partial charge in [0.15, 0.2) is 0 Å². The number of anilines is 1. The molecule has 3 aromatic rings. The van der Waals surface area contributed by atoms with Crippen LogP contribution in [0.1, 0.15) is 9.67 Å². The Balaban J connectivity index is 1.90. The first-order valence-electron chi connectivity index (χ1n) is 5.93. The number of halogens is 1. The average molecular weight is 364 g/mol. The van der Waals surface area contributed by atoms with E-state index in [1.165, 1.54) is 11.3 Å². The summed E-state index contributed by atoms with van der Waals surface area (Å²) >= 11 is 6.46. The van der Waals surface area contributed by atoms with Crippen LogP contribution < -0.4 is 5.32 Å². The Bertz CT molecular complexity index is 734. The highest BCUT2D eigenvalue weighted by molar-refractivity contribution is 9.11. The Kier molecular flexibility index (Phi) is 4.00. The molecule has 0 aliphatic rings. The third-order valence-corrected chi connectivity index (χ3v) is 5.28. The summed E-state index contributed by atoms with van der Waals surface area (Å²) in [6.07, 6.45) is 0. The minimum absolute atomic E-state index is 0.0790. The number of amides is 1. The fourth-order valence-electron chi connectivity index (χ4n) is 1.86. The first kappa shape index (κ1) is 13.5.